The Hall–Kier alpha value is -2.12. The largest absolute Gasteiger partial charge is 0.414 e. The number of nitrogens with zero attached hydrogens (tertiary/aromatic N) is 2. The molecular weight excluding hydrogens is 228 g/mol. The van der Waals surface area contributed by atoms with Crippen LogP contribution in [0.4, 0.5) is 5.69 Å². The molecule has 1 N–H and O–H groups in total. The van der Waals surface area contributed by atoms with Crippen LogP contribution in [0, 0.1) is 10.1 Å². The van der Waals surface area contributed by atoms with Crippen LogP contribution >= 0.6 is 0 Å². The van der Waals surface area contributed by atoms with Gasteiger partial charge in [0.25, 0.3) is 5.69 Å². The van der Waals surface area contributed by atoms with Gasteiger partial charge in [-0.1, -0.05) is 12.1 Å². The van der Waals surface area contributed by atoms with Crippen molar-refractivity contribution in [2.24, 2.45) is 0 Å². The number of amides is 2. The van der Waals surface area contributed by atoms with Crippen LogP contribution in [-0.4, -0.2) is 21.9 Å². The van der Waals surface area contributed by atoms with Crippen LogP contribution in [0.5, 0.6) is 0 Å². The summed E-state index contributed by atoms with van der Waals surface area (Å²) in [6.45, 7) is 0. The SMILES string of the molecule is O=C1CC(c2ccc([N+](=O)[O-])cc2)C(=O)[N+]1O. The van der Waals surface area contributed by atoms with Crippen molar-refractivity contribution in [2.45, 2.75) is 12.3 Å². The summed E-state index contributed by atoms with van der Waals surface area (Å²) in [5.74, 6) is -2.13. The van der Waals surface area contributed by atoms with E-state index < -0.39 is 22.7 Å². The molecule has 0 saturated carbocycles. The highest BCUT2D eigenvalue weighted by Gasteiger charge is 2.51. The molecule has 1 aliphatic rings. The molecular formula is C10H8N2O5+. The lowest BCUT2D eigenvalue weighted by molar-refractivity contribution is -0.384. The molecule has 1 radical (unpaired) electrons. The average Bonchev–Trinajstić information content (AvgIpc) is 2.57. The number of nitro groups is 1. The molecule has 7 nitrogen and oxygen atoms in total. The van der Waals surface area contributed by atoms with Gasteiger partial charge in [0.2, 0.25) is 0 Å². The zero-order chi connectivity index (χ0) is 12.6. The first kappa shape index (κ1) is 11.4. The summed E-state index contributed by atoms with van der Waals surface area (Å²) < 4.78 is 0. The summed E-state index contributed by atoms with van der Waals surface area (Å²) in [5.41, 5.74) is 0.386. The van der Waals surface area contributed by atoms with Crippen LogP contribution in [0.25, 0.3) is 0 Å². The second-order valence-corrected chi connectivity index (χ2v) is 3.65. The Morgan fingerprint density at radius 3 is 2.29 bits per heavy atom. The van der Waals surface area contributed by atoms with Gasteiger partial charge in [-0.3, -0.25) is 10.1 Å². The lowest BCUT2D eigenvalue weighted by atomic mass is 9.97. The van der Waals surface area contributed by atoms with Gasteiger partial charge in [-0.15, -0.1) is 5.21 Å². The molecule has 17 heavy (non-hydrogen) atoms. The topological polar surface area (TPSA) is 103 Å². The Morgan fingerprint density at radius 1 is 1.29 bits per heavy atom. The molecule has 1 aromatic carbocycles. The number of benzene rings is 1. The van der Waals surface area contributed by atoms with E-state index in [0.29, 0.717) is 5.56 Å². The first-order valence-corrected chi connectivity index (χ1v) is 4.80. The highest BCUT2D eigenvalue weighted by Crippen LogP contribution is 2.28. The lowest BCUT2D eigenvalue weighted by Crippen LogP contribution is -2.32. The van der Waals surface area contributed by atoms with Crippen molar-refractivity contribution in [3.8, 4) is 0 Å². The van der Waals surface area contributed by atoms with E-state index in [4.69, 9.17) is 5.21 Å². The zero-order valence-electron chi connectivity index (χ0n) is 8.57. The number of rotatable bonds is 2. The predicted molar refractivity (Wildman–Crippen MR) is 54.4 cm³/mol. The number of carbonyl (C=O) groups is 2. The van der Waals surface area contributed by atoms with Crippen LogP contribution in [0.1, 0.15) is 17.9 Å². The van der Waals surface area contributed by atoms with Crippen molar-refractivity contribution in [1.29, 1.82) is 0 Å². The number of non-ortho nitro benzene ring substituents is 1. The van der Waals surface area contributed by atoms with E-state index in [1.54, 1.807) is 0 Å². The minimum absolute atomic E-state index is 0.0894. The fraction of sp³-hybridized carbons (Fsp3) is 0.200. The Balaban J connectivity index is 2.27. The van der Waals surface area contributed by atoms with E-state index in [0.717, 1.165) is 0 Å². The van der Waals surface area contributed by atoms with Crippen LogP contribution in [0.3, 0.4) is 0 Å². The summed E-state index contributed by atoms with van der Waals surface area (Å²) >= 11 is 0. The lowest BCUT2D eigenvalue weighted by Gasteiger charge is -2.01. The number of hydrogen-bond acceptors (Lipinski definition) is 5. The third-order valence-corrected chi connectivity index (χ3v) is 2.63. The molecule has 2 amide bonds. The minimum atomic E-state index is -0.756. The number of imide groups is 1. The van der Waals surface area contributed by atoms with E-state index >= 15 is 0 Å². The standard InChI is InChI=1S/C10H8N2O5/c13-9-5-8(10(14)11(9)15)6-1-3-7(4-2-6)12(16)17/h1-4,8,15H,5H2/q+1. The van der Waals surface area contributed by atoms with E-state index in [-0.39, 0.29) is 17.2 Å². The van der Waals surface area contributed by atoms with Gasteiger partial charge in [0.05, 0.1) is 11.3 Å². The highest BCUT2D eigenvalue weighted by molar-refractivity contribution is 6.07. The first-order valence-electron chi connectivity index (χ1n) is 4.80. The van der Waals surface area contributed by atoms with Crippen LogP contribution in [-0.2, 0) is 9.59 Å². The molecule has 1 aromatic rings. The second kappa shape index (κ2) is 4.04. The van der Waals surface area contributed by atoms with Gasteiger partial charge in [-0.25, -0.2) is 9.59 Å². The van der Waals surface area contributed by atoms with E-state index in [9.17, 15) is 19.7 Å². The molecule has 7 heteroatoms. The zero-order valence-corrected chi connectivity index (χ0v) is 8.57. The third-order valence-electron chi connectivity index (χ3n) is 2.63. The van der Waals surface area contributed by atoms with Gasteiger partial charge in [0.1, 0.15) is 11.0 Å². The monoisotopic (exact) mass is 236 g/mol. The molecule has 1 unspecified atom stereocenters. The second-order valence-electron chi connectivity index (χ2n) is 3.65. The van der Waals surface area contributed by atoms with Crippen LogP contribution < -0.4 is 5.06 Å². The molecule has 0 spiro atoms. The average molecular weight is 236 g/mol. The predicted octanol–water partition coefficient (Wildman–Crippen LogP) is 0.665. The minimum Gasteiger partial charge on any atom is -0.258 e. The maximum absolute atomic E-state index is 11.5. The molecule has 1 aliphatic heterocycles. The van der Waals surface area contributed by atoms with Crippen molar-refractivity contribution in [2.75, 3.05) is 0 Å². The van der Waals surface area contributed by atoms with Crippen molar-refractivity contribution in [1.82, 2.24) is 5.06 Å². The van der Waals surface area contributed by atoms with E-state index in [1.165, 1.54) is 24.3 Å². The molecule has 1 fully saturated rings. The van der Waals surface area contributed by atoms with Gasteiger partial charge < -0.3 is 0 Å². The summed E-state index contributed by atoms with van der Waals surface area (Å²) in [4.78, 5) is 32.4. The number of nitro benzene ring substituents is 1. The number of carbonyl (C=O) groups excluding carboxylic acids is 2. The van der Waals surface area contributed by atoms with Gasteiger partial charge >= 0.3 is 11.8 Å². The summed E-state index contributed by atoms with van der Waals surface area (Å²) in [6.07, 6.45) is -0.118. The molecule has 0 aromatic heterocycles. The summed E-state index contributed by atoms with van der Waals surface area (Å²) in [6, 6.07) is 5.33. The molecule has 87 valence electrons. The molecule has 2 rings (SSSR count). The smallest absolute Gasteiger partial charge is 0.258 e. The molecule has 0 bridgehead atoms. The van der Waals surface area contributed by atoms with E-state index in [2.05, 4.69) is 0 Å². The molecule has 1 atom stereocenters. The van der Waals surface area contributed by atoms with Gasteiger partial charge in [-0.05, 0) is 5.56 Å². The van der Waals surface area contributed by atoms with Crippen LogP contribution in [0.2, 0.25) is 0 Å². The Morgan fingerprint density at radius 2 is 1.88 bits per heavy atom. The van der Waals surface area contributed by atoms with Gasteiger partial charge in [-0.2, -0.15) is 0 Å². The maximum Gasteiger partial charge on any atom is 0.414 e. The molecule has 0 aliphatic carbocycles. The normalized spacial score (nSPS) is 20.9. The fourth-order valence-electron chi connectivity index (χ4n) is 1.71. The third kappa shape index (κ3) is 1.93. The Kier molecular flexibility index (Phi) is 2.70. The van der Waals surface area contributed by atoms with Crippen molar-refractivity contribution >= 4 is 17.5 Å². The van der Waals surface area contributed by atoms with Crippen molar-refractivity contribution < 1.29 is 19.7 Å². The van der Waals surface area contributed by atoms with Crippen molar-refractivity contribution in [3.63, 3.8) is 0 Å². The summed E-state index contributed by atoms with van der Waals surface area (Å²) in [5, 5.41) is 19.6. The van der Waals surface area contributed by atoms with Gasteiger partial charge in [0, 0.05) is 12.1 Å². The van der Waals surface area contributed by atoms with E-state index in [1.807, 2.05) is 0 Å². The Labute approximate surface area is 95.4 Å². The number of hydroxylamine groups is 2. The van der Waals surface area contributed by atoms with Crippen molar-refractivity contribution in [3.05, 3.63) is 39.9 Å². The molecule has 1 heterocycles. The highest BCUT2D eigenvalue weighted by atomic mass is 16.6. The maximum atomic E-state index is 11.5. The van der Waals surface area contributed by atoms with Crippen LogP contribution in [0.15, 0.2) is 24.3 Å². The van der Waals surface area contributed by atoms with Gasteiger partial charge in [0.15, 0.2) is 0 Å². The fourth-order valence-corrected chi connectivity index (χ4v) is 1.71. The first-order chi connectivity index (χ1) is 8.00. The quantitative estimate of drug-likeness (QED) is 0.267. The molecule has 1 saturated heterocycles. The number of hydrogen-bond donors (Lipinski definition) is 1. The Bertz CT molecular complexity index is 496. The summed E-state index contributed by atoms with van der Waals surface area (Å²) in [7, 11) is 0.